The molecule has 0 N–H and O–H groups in total. The van der Waals surface area contributed by atoms with Gasteiger partial charge in [-0.25, -0.2) is 0 Å². The number of carbonyl (C=O) groups is 1. The summed E-state index contributed by atoms with van der Waals surface area (Å²) in [5, 5.41) is 0. The molecule has 0 aromatic carbocycles. The molecule has 0 aromatic rings. The molecule has 0 unspecified atom stereocenters. The van der Waals surface area contributed by atoms with Crippen LogP contribution in [0.5, 0.6) is 0 Å². The van der Waals surface area contributed by atoms with Crippen LogP contribution in [0, 0.1) is 0 Å². The Bertz CT molecular complexity index is 219. The zero-order chi connectivity index (χ0) is 8.69. The molecule has 0 saturated heterocycles. The van der Waals surface area contributed by atoms with E-state index in [0.29, 0.717) is 0 Å². The van der Waals surface area contributed by atoms with Crippen molar-refractivity contribution >= 4 is 5.78 Å². The van der Waals surface area contributed by atoms with Gasteiger partial charge in [-0.3, -0.25) is 4.79 Å². The van der Waals surface area contributed by atoms with Crippen LogP contribution in [0.2, 0.25) is 0 Å². The fourth-order valence-electron chi connectivity index (χ4n) is 0.541. The van der Waals surface area contributed by atoms with E-state index in [0.717, 1.165) is 5.57 Å². The molecular formula is C10H12O. The Morgan fingerprint density at radius 3 is 2.27 bits per heavy atom. The highest BCUT2D eigenvalue weighted by atomic mass is 16.1. The van der Waals surface area contributed by atoms with Crippen LogP contribution in [0.1, 0.15) is 6.92 Å². The van der Waals surface area contributed by atoms with Crippen LogP contribution in [-0.2, 0) is 4.79 Å². The quantitative estimate of drug-likeness (QED) is 0.442. The number of hydrogen-bond donors (Lipinski definition) is 0. The van der Waals surface area contributed by atoms with E-state index >= 15 is 0 Å². The lowest BCUT2D eigenvalue weighted by molar-refractivity contribution is -0.112. The highest BCUT2D eigenvalue weighted by Crippen LogP contribution is 1.97. The molecule has 1 heteroatoms. The van der Waals surface area contributed by atoms with Crippen LogP contribution in [-0.4, -0.2) is 5.78 Å². The predicted molar refractivity (Wildman–Crippen MR) is 48.3 cm³/mol. The summed E-state index contributed by atoms with van der Waals surface area (Å²) in [7, 11) is 0. The van der Waals surface area contributed by atoms with Crippen molar-refractivity contribution in [2.45, 2.75) is 6.92 Å². The summed E-state index contributed by atoms with van der Waals surface area (Å²) in [6.07, 6.45) is 8.31. The van der Waals surface area contributed by atoms with Crippen LogP contribution < -0.4 is 0 Å². The van der Waals surface area contributed by atoms with E-state index in [9.17, 15) is 4.79 Å². The van der Waals surface area contributed by atoms with E-state index in [1.165, 1.54) is 13.0 Å². The van der Waals surface area contributed by atoms with Gasteiger partial charge in [-0.1, -0.05) is 37.5 Å². The van der Waals surface area contributed by atoms with E-state index < -0.39 is 0 Å². The lowest BCUT2D eigenvalue weighted by atomic mass is 10.2. The number of rotatable bonds is 4. The van der Waals surface area contributed by atoms with E-state index in [2.05, 4.69) is 13.2 Å². The highest BCUT2D eigenvalue weighted by molar-refractivity contribution is 5.87. The van der Waals surface area contributed by atoms with Gasteiger partial charge in [-0.2, -0.15) is 0 Å². The molecule has 0 rings (SSSR count). The zero-order valence-electron chi connectivity index (χ0n) is 6.71. The van der Waals surface area contributed by atoms with Crippen molar-refractivity contribution < 1.29 is 4.79 Å². The first-order valence-electron chi connectivity index (χ1n) is 3.34. The number of allylic oxidation sites excluding steroid dienone is 6. The van der Waals surface area contributed by atoms with Gasteiger partial charge in [0.2, 0.25) is 0 Å². The molecule has 0 fully saturated rings. The minimum Gasteiger partial charge on any atom is -0.295 e. The topological polar surface area (TPSA) is 17.1 Å². The highest BCUT2D eigenvalue weighted by Gasteiger charge is 1.83. The van der Waals surface area contributed by atoms with Crippen molar-refractivity contribution in [2.75, 3.05) is 0 Å². The van der Waals surface area contributed by atoms with Gasteiger partial charge in [-0.05, 0) is 18.6 Å². The summed E-state index contributed by atoms with van der Waals surface area (Å²) in [6, 6.07) is 0. The summed E-state index contributed by atoms with van der Waals surface area (Å²) < 4.78 is 0. The Labute approximate surface area is 67.4 Å². The minimum absolute atomic E-state index is 0.0295. The van der Waals surface area contributed by atoms with E-state index in [1.54, 1.807) is 24.3 Å². The lowest BCUT2D eigenvalue weighted by Gasteiger charge is -1.87. The fourth-order valence-corrected chi connectivity index (χ4v) is 0.541. The Hall–Kier alpha value is -1.37. The molecule has 0 radical (unpaired) electrons. The van der Waals surface area contributed by atoms with Crippen LogP contribution in [0.15, 0.2) is 49.1 Å². The van der Waals surface area contributed by atoms with E-state index in [4.69, 9.17) is 0 Å². The molecule has 0 aromatic heterocycles. The van der Waals surface area contributed by atoms with Gasteiger partial charge in [0.15, 0.2) is 5.78 Å². The Morgan fingerprint density at radius 2 is 1.91 bits per heavy atom. The first-order valence-corrected chi connectivity index (χ1v) is 3.34. The largest absolute Gasteiger partial charge is 0.295 e. The fraction of sp³-hybridized carbons (Fsp3) is 0.100. The van der Waals surface area contributed by atoms with Gasteiger partial charge >= 0.3 is 0 Å². The maximum absolute atomic E-state index is 10.5. The molecular weight excluding hydrogens is 136 g/mol. The lowest BCUT2D eigenvalue weighted by Crippen LogP contribution is -1.80. The summed E-state index contributed by atoms with van der Waals surface area (Å²) in [4.78, 5) is 10.5. The van der Waals surface area contributed by atoms with Crippen molar-refractivity contribution in [1.29, 1.82) is 0 Å². The van der Waals surface area contributed by atoms with E-state index in [1.807, 2.05) is 0 Å². The summed E-state index contributed by atoms with van der Waals surface area (Å²) in [6.45, 7) is 8.62. The smallest absolute Gasteiger partial charge is 0.152 e. The third-order valence-corrected chi connectivity index (χ3v) is 1.06. The molecule has 0 aliphatic rings. The summed E-state index contributed by atoms with van der Waals surface area (Å²) in [5.41, 5.74) is 0.884. The van der Waals surface area contributed by atoms with Gasteiger partial charge in [0.05, 0.1) is 0 Å². The van der Waals surface area contributed by atoms with Crippen molar-refractivity contribution in [2.24, 2.45) is 0 Å². The molecule has 0 aliphatic carbocycles. The normalized spacial score (nSPS) is 11.5. The van der Waals surface area contributed by atoms with Crippen LogP contribution in [0.25, 0.3) is 0 Å². The molecule has 58 valence electrons. The zero-order valence-corrected chi connectivity index (χ0v) is 6.71. The van der Waals surface area contributed by atoms with Crippen molar-refractivity contribution in [1.82, 2.24) is 0 Å². The number of hydrogen-bond acceptors (Lipinski definition) is 1. The average molecular weight is 148 g/mol. The summed E-state index contributed by atoms with van der Waals surface area (Å²) >= 11 is 0. The van der Waals surface area contributed by atoms with Crippen LogP contribution >= 0.6 is 0 Å². The van der Waals surface area contributed by atoms with E-state index in [-0.39, 0.29) is 5.78 Å². The minimum atomic E-state index is 0.0295. The van der Waals surface area contributed by atoms with Crippen molar-refractivity contribution in [3.8, 4) is 0 Å². The maximum Gasteiger partial charge on any atom is 0.152 e. The Kier molecular flexibility index (Phi) is 4.74. The van der Waals surface area contributed by atoms with Gasteiger partial charge in [-0.15, -0.1) is 0 Å². The van der Waals surface area contributed by atoms with Gasteiger partial charge in [0.25, 0.3) is 0 Å². The maximum atomic E-state index is 10.5. The molecule has 0 heterocycles. The molecule has 0 bridgehead atoms. The average Bonchev–Trinajstić information content (AvgIpc) is 1.97. The van der Waals surface area contributed by atoms with Gasteiger partial charge in [0.1, 0.15) is 0 Å². The van der Waals surface area contributed by atoms with Crippen molar-refractivity contribution in [3.05, 3.63) is 49.1 Å². The second kappa shape index (κ2) is 5.42. The molecule has 0 amide bonds. The second-order valence-corrected chi connectivity index (χ2v) is 2.05. The third-order valence-electron chi connectivity index (χ3n) is 1.06. The standard InChI is InChI=1S/C10H12O/c1-4-6-10(5-2)8-7-9(3)11/h4-8H,1-2H2,3H3/b8-7+,10-6+. The Balaban J connectivity index is 4.30. The van der Waals surface area contributed by atoms with Crippen LogP contribution in [0.3, 0.4) is 0 Å². The summed E-state index contributed by atoms with van der Waals surface area (Å²) in [5.74, 6) is 0.0295. The first-order chi connectivity index (χ1) is 5.20. The van der Waals surface area contributed by atoms with Crippen LogP contribution in [0.4, 0.5) is 0 Å². The number of ketones is 1. The molecule has 0 atom stereocenters. The number of carbonyl (C=O) groups excluding carboxylic acids is 1. The molecule has 0 saturated carbocycles. The molecule has 0 aliphatic heterocycles. The first kappa shape index (κ1) is 9.63. The second-order valence-electron chi connectivity index (χ2n) is 2.05. The molecule has 11 heavy (non-hydrogen) atoms. The van der Waals surface area contributed by atoms with Gasteiger partial charge in [0, 0.05) is 0 Å². The third kappa shape index (κ3) is 5.09. The Morgan fingerprint density at radius 1 is 1.27 bits per heavy atom. The molecule has 1 nitrogen and oxygen atoms in total. The van der Waals surface area contributed by atoms with Gasteiger partial charge < -0.3 is 0 Å². The van der Waals surface area contributed by atoms with Crippen molar-refractivity contribution in [3.63, 3.8) is 0 Å². The monoisotopic (exact) mass is 148 g/mol. The predicted octanol–water partition coefficient (Wildman–Crippen LogP) is 2.43. The molecule has 0 spiro atoms. The SMILES string of the molecule is C=C/C=C(C=C)/C=C/C(C)=O.